The van der Waals surface area contributed by atoms with Crippen LogP contribution in [0.3, 0.4) is 0 Å². The van der Waals surface area contributed by atoms with Gasteiger partial charge in [-0.2, -0.15) is 0 Å². The molecular formula is C48H27NOS3. The van der Waals surface area contributed by atoms with Crippen molar-refractivity contribution in [2.45, 2.75) is 0 Å². The minimum absolute atomic E-state index is 0.933. The van der Waals surface area contributed by atoms with E-state index in [0.717, 1.165) is 16.9 Å². The van der Waals surface area contributed by atoms with E-state index in [9.17, 15) is 0 Å². The molecule has 53 heavy (non-hydrogen) atoms. The average Bonchev–Trinajstić information content (AvgIpc) is 3.98. The van der Waals surface area contributed by atoms with Gasteiger partial charge >= 0.3 is 0 Å². The molecule has 0 aliphatic carbocycles. The third-order valence-electron chi connectivity index (χ3n) is 10.7. The molecule has 4 heterocycles. The molecule has 2 nitrogen and oxygen atoms in total. The second-order valence-electron chi connectivity index (χ2n) is 13.6. The Morgan fingerprint density at radius 1 is 0.377 bits per heavy atom. The number of nitrogens with zero attached hydrogens (tertiary/aromatic N) is 1. The van der Waals surface area contributed by atoms with Gasteiger partial charge in [-0.05, 0) is 65.7 Å². The SMILES string of the molecule is c1cc(-c2cccc3c2sc2c3ccc3oc4ccccc4c32)cc(N(c2cccc3c2sc2ccccc23)c2cccc3c2sc2ccccc23)c1. The second-order valence-corrected chi connectivity index (χ2v) is 16.7. The zero-order valence-electron chi connectivity index (χ0n) is 28.2. The molecule has 12 rings (SSSR count). The monoisotopic (exact) mass is 729 g/mol. The van der Waals surface area contributed by atoms with Gasteiger partial charge in [-0.25, -0.2) is 0 Å². The van der Waals surface area contributed by atoms with Gasteiger partial charge in [0, 0.05) is 67.6 Å². The molecule has 0 N–H and O–H groups in total. The summed E-state index contributed by atoms with van der Waals surface area (Å²) in [6.45, 7) is 0. The van der Waals surface area contributed by atoms with Crippen molar-refractivity contribution in [3.05, 3.63) is 164 Å². The standard InChI is InChI=1S/C48H27NOS3/c1-4-22-40-37(15-1)44-41(50-40)26-25-36-35-17-8-16-30(45(35)53-48(36)44)28-11-7-12-29(27-28)49(38-20-9-18-33-31-13-2-5-23-42(31)51-46(33)38)39-21-10-19-34-32-14-3-6-24-43(32)52-47(34)39/h1-27H. The Balaban J connectivity index is 1.12. The summed E-state index contributed by atoms with van der Waals surface area (Å²) in [4.78, 5) is 2.51. The number of furan rings is 1. The maximum atomic E-state index is 6.30. The second kappa shape index (κ2) is 11.3. The molecule has 4 aromatic heterocycles. The van der Waals surface area contributed by atoms with Crippen molar-refractivity contribution in [1.29, 1.82) is 0 Å². The van der Waals surface area contributed by atoms with Gasteiger partial charge in [-0.15, -0.1) is 34.0 Å². The normalized spacial score (nSPS) is 12.2. The Kier molecular flexibility index (Phi) is 6.28. The van der Waals surface area contributed by atoms with E-state index in [2.05, 4.69) is 163 Å². The summed E-state index contributed by atoms with van der Waals surface area (Å²) in [5.74, 6) is 0. The summed E-state index contributed by atoms with van der Waals surface area (Å²) in [5.41, 5.74) is 7.84. The number of hydrogen-bond donors (Lipinski definition) is 0. The van der Waals surface area contributed by atoms with E-state index in [-0.39, 0.29) is 0 Å². The topological polar surface area (TPSA) is 16.4 Å². The molecule has 0 unspecified atom stereocenters. The lowest BCUT2D eigenvalue weighted by molar-refractivity contribution is 0.669. The molecule has 0 fully saturated rings. The molecule has 8 aromatic carbocycles. The largest absolute Gasteiger partial charge is 0.456 e. The van der Waals surface area contributed by atoms with Crippen molar-refractivity contribution < 1.29 is 4.42 Å². The molecular weight excluding hydrogens is 703 g/mol. The highest BCUT2D eigenvalue weighted by Crippen LogP contribution is 2.50. The van der Waals surface area contributed by atoms with Crippen molar-refractivity contribution in [2.24, 2.45) is 0 Å². The van der Waals surface area contributed by atoms with Gasteiger partial charge in [0.15, 0.2) is 0 Å². The van der Waals surface area contributed by atoms with Crippen LogP contribution in [-0.4, -0.2) is 0 Å². The first kappa shape index (κ1) is 29.6. The summed E-state index contributed by atoms with van der Waals surface area (Å²) in [6, 6.07) is 59.8. The van der Waals surface area contributed by atoms with E-state index in [1.165, 1.54) is 93.8 Å². The first-order chi connectivity index (χ1) is 26.3. The molecule has 12 aromatic rings. The number of para-hydroxylation sites is 1. The van der Waals surface area contributed by atoms with Gasteiger partial charge in [0.05, 0.1) is 20.8 Å². The minimum atomic E-state index is 0.933. The Hall–Kier alpha value is -5.98. The van der Waals surface area contributed by atoms with Crippen molar-refractivity contribution in [2.75, 3.05) is 4.90 Å². The van der Waals surface area contributed by atoms with Gasteiger partial charge in [-0.3, -0.25) is 0 Å². The quantitative estimate of drug-likeness (QED) is 0.179. The van der Waals surface area contributed by atoms with Gasteiger partial charge in [0.1, 0.15) is 11.2 Å². The van der Waals surface area contributed by atoms with E-state index in [1.807, 2.05) is 40.1 Å². The first-order valence-electron chi connectivity index (χ1n) is 17.7. The van der Waals surface area contributed by atoms with Crippen molar-refractivity contribution in [1.82, 2.24) is 0 Å². The molecule has 0 aliphatic heterocycles. The summed E-state index contributed by atoms with van der Waals surface area (Å²) in [5, 5.41) is 10.1. The summed E-state index contributed by atoms with van der Waals surface area (Å²) >= 11 is 5.64. The fraction of sp³-hybridized carbons (Fsp3) is 0. The summed E-state index contributed by atoms with van der Waals surface area (Å²) in [7, 11) is 0. The van der Waals surface area contributed by atoms with E-state index < -0.39 is 0 Å². The molecule has 0 aliphatic rings. The summed E-state index contributed by atoms with van der Waals surface area (Å²) in [6.07, 6.45) is 0. The van der Waals surface area contributed by atoms with Crippen LogP contribution in [-0.2, 0) is 0 Å². The summed E-state index contributed by atoms with van der Waals surface area (Å²) < 4.78 is 14.1. The Morgan fingerprint density at radius 2 is 0.943 bits per heavy atom. The average molecular weight is 730 g/mol. The molecule has 0 saturated carbocycles. The predicted octanol–water partition coefficient (Wildman–Crippen LogP) is 15.8. The van der Waals surface area contributed by atoms with E-state index in [0.29, 0.717) is 0 Å². The van der Waals surface area contributed by atoms with Gasteiger partial charge in [0.25, 0.3) is 0 Å². The highest BCUT2D eigenvalue weighted by atomic mass is 32.1. The Morgan fingerprint density at radius 3 is 1.66 bits per heavy atom. The van der Waals surface area contributed by atoms with Gasteiger partial charge in [-0.1, -0.05) is 109 Å². The Bertz CT molecular complexity index is 3320. The zero-order valence-corrected chi connectivity index (χ0v) is 30.6. The highest BCUT2D eigenvalue weighted by molar-refractivity contribution is 7.27. The van der Waals surface area contributed by atoms with Crippen LogP contribution in [0, 0.1) is 0 Å². The molecule has 248 valence electrons. The van der Waals surface area contributed by atoms with Gasteiger partial charge < -0.3 is 9.32 Å². The number of thiophene rings is 3. The molecule has 0 spiro atoms. The molecule has 0 radical (unpaired) electrons. The molecule has 0 saturated heterocycles. The zero-order chi connectivity index (χ0) is 34.6. The fourth-order valence-electron chi connectivity index (χ4n) is 8.33. The molecule has 0 bridgehead atoms. The predicted molar refractivity (Wildman–Crippen MR) is 233 cm³/mol. The van der Waals surface area contributed by atoms with E-state index in [4.69, 9.17) is 4.42 Å². The van der Waals surface area contributed by atoms with Crippen LogP contribution in [0.1, 0.15) is 0 Å². The van der Waals surface area contributed by atoms with Crippen LogP contribution < -0.4 is 4.90 Å². The van der Waals surface area contributed by atoms with Gasteiger partial charge in [0.2, 0.25) is 0 Å². The number of hydrogen-bond acceptors (Lipinski definition) is 5. The minimum Gasteiger partial charge on any atom is -0.456 e. The van der Waals surface area contributed by atoms with E-state index in [1.54, 1.807) is 0 Å². The highest BCUT2D eigenvalue weighted by Gasteiger charge is 2.23. The number of rotatable bonds is 4. The molecule has 0 amide bonds. The number of fused-ring (bicyclic) bond motifs is 13. The Labute approximate surface area is 316 Å². The van der Waals surface area contributed by atoms with Crippen molar-refractivity contribution >= 4 is 134 Å². The van der Waals surface area contributed by atoms with Crippen molar-refractivity contribution in [3.63, 3.8) is 0 Å². The lowest BCUT2D eigenvalue weighted by atomic mass is 10.0. The number of anilines is 3. The number of benzene rings is 8. The third kappa shape index (κ3) is 4.30. The lowest BCUT2D eigenvalue weighted by Crippen LogP contribution is -2.10. The molecule has 5 heteroatoms. The third-order valence-corrected chi connectivity index (χ3v) is 14.4. The first-order valence-corrected chi connectivity index (χ1v) is 20.2. The lowest BCUT2D eigenvalue weighted by Gasteiger charge is -2.27. The smallest absolute Gasteiger partial charge is 0.136 e. The van der Waals surface area contributed by atoms with Crippen LogP contribution in [0.2, 0.25) is 0 Å². The van der Waals surface area contributed by atoms with Crippen LogP contribution in [0.25, 0.3) is 93.6 Å². The van der Waals surface area contributed by atoms with E-state index >= 15 is 0 Å². The van der Waals surface area contributed by atoms with Crippen LogP contribution in [0.4, 0.5) is 17.1 Å². The fourth-order valence-corrected chi connectivity index (χ4v) is 12.1. The maximum Gasteiger partial charge on any atom is 0.136 e. The van der Waals surface area contributed by atoms with Crippen molar-refractivity contribution in [3.8, 4) is 11.1 Å². The maximum absolute atomic E-state index is 6.30. The van der Waals surface area contributed by atoms with Crippen LogP contribution >= 0.6 is 34.0 Å². The van der Waals surface area contributed by atoms with Crippen LogP contribution in [0.15, 0.2) is 168 Å². The van der Waals surface area contributed by atoms with Crippen LogP contribution in [0.5, 0.6) is 0 Å². The molecule has 0 atom stereocenters.